The molecule has 0 atom stereocenters. The molecule has 2 rings (SSSR count). The Morgan fingerprint density at radius 3 is 2.42 bits per heavy atom. The van der Waals surface area contributed by atoms with Crippen LogP contribution in [0.15, 0.2) is 24.4 Å². The molecule has 6 heteroatoms. The van der Waals surface area contributed by atoms with Crippen LogP contribution in [-0.4, -0.2) is 4.98 Å². The van der Waals surface area contributed by atoms with E-state index in [0.29, 0.717) is 17.7 Å². The Morgan fingerprint density at radius 1 is 1.21 bits per heavy atom. The average Bonchev–Trinajstić information content (AvgIpc) is 2.34. The number of rotatable bonds is 2. The highest BCUT2D eigenvalue weighted by Gasteiger charge is 2.14. The number of pyridine rings is 1. The Kier molecular flexibility index (Phi) is 3.38. The molecule has 1 N–H and O–H groups in total. The lowest BCUT2D eigenvalue weighted by Gasteiger charge is -2.10. The molecule has 0 aliphatic carbocycles. The largest absolute Gasteiger partial charge is 0.334 e. The van der Waals surface area contributed by atoms with Crippen LogP contribution in [0.2, 0.25) is 0 Å². The third-order valence-electron chi connectivity index (χ3n) is 2.52. The Hall–Kier alpha value is -2.55. The minimum atomic E-state index is -1.09. The molecule has 0 bridgehead atoms. The Bertz CT molecular complexity index is 654. The van der Waals surface area contributed by atoms with Gasteiger partial charge in [-0.2, -0.15) is 5.26 Å². The molecule has 96 valence electrons. The number of halogens is 3. The zero-order valence-corrected chi connectivity index (χ0v) is 9.84. The summed E-state index contributed by atoms with van der Waals surface area (Å²) in [5.41, 5.74) is 0.240. The Labute approximate surface area is 107 Å². The number of hydrogen-bond donors (Lipinski definition) is 1. The SMILES string of the molecule is Cc1ccnc(Nc2c(F)cc(F)cc2F)c1C#N. The number of nitriles is 1. The Balaban J connectivity index is 2.49. The van der Waals surface area contributed by atoms with Gasteiger partial charge in [-0.3, -0.25) is 0 Å². The molecule has 19 heavy (non-hydrogen) atoms. The first-order valence-electron chi connectivity index (χ1n) is 5.30. The molecular weight excluding hydrogens is 255 g/mol. The second kappa shape index (κ2) is 4.98. The summed E-state index contributed by atoms with van der Waals surface area (Å²) in [7, 11) is 0. The van der Waals surface area contributed by atoms with Crippen molar-refractivity contribution in [3.8, 4) is 6.07 Å². The van der Waals surface area contributed by atoms with Crippen molar-refractivity contribution in [2.75, 3.05) is 5.32 Å². The average molecular weight is 263 g/mol. The van der Waals surface area contributed by atoms with Crippen LogP contribution < -0.4 is 5.32 Å². The Morgan fingerprint density at radius 2 is 1.84 bits per heavy atom. The van der Waals surface area contributed by atoms with Crippen LogP contribution in [0, 0.1) is 35.7 Å². The van der Waals surface area contributed by atoms with E-state index >= 15 is 0 Å². The van der Waals surface area contributed by atoms with Crippen LogP contribution in [0.4, 0.5) is 24.7 Å². The molecule has 3 nitrogen and oxygen atoms in total. The first kappa shape index (κ1) is 12.9. The van der Waals surface area contributed by atoms with E-state index in [-0.39, 0.29) is 11.4 Å². The van der Waals surface area contributed by atoms with Gasteiger partial charge in [0.15, 0.2) is 11.6 Å². The van der Waals surface area contributed by atoms with Crippen LogP contribution in [0.5, 0.6) is 0 Å². The fourth-order valence-electron chi connectivity index (χ4n) is 1.57. The molecule has 0 unspecified atom stereocenters. The standard InChI is InChI=1S/C13H8F3N3/c1-7-2-3-18-13(9(7)6-17)19-12-10(15)4-8(14)5-11(12)16/h2-5H,1H3,(H,18,19). The zero-order valence-electron chi connectivity index (χ0n) is 9.84. The van der Waals surface area contributed by atoms with Crippen LogP contribution in [0.3, 0.4) is 0 Å². The molecule has 0 amide bonds. The van der Waals surface area contributed by atoms with E-state index in [2.05, 4.69) is 10.3 Å². The van der Waals surface area contributed by atoms with Gasteiger partial charge in [0.25, 0.3) is 0 Å². The van der Waals surface area contributed by atoms with E-state index in [1.165, 1.54) is 6.20 Å². The zero-order chi connectivity index (χ0) is 14.0. The molecular formula is C13H8F3N3. The summed E-state index contributed by atoms with van der Waals surface area (Å²) in [5.74, 6) is -3.18. The number of hydrogen-bond acceptors (Lipinski definition) is 3. The van der Waals surface area contributed by atoms with Gasteiger partial charge in [0.1, 0.15) is 23.4 Å². The first-order chi connectivity index (χ1) is 9.02. The summed E-state index contributed by atoms with van der Waals surface area (Å²) in [4.78, 5) is 3.85. The van der Waals surface area contributed by atoms with Crippen molar-refractivity contribution in [2.45, 2.75) is 6.92 Å². The van der Waals surface area contributed by atoms with Crippen LogP contribution in [0.25, 0.3) is 0 Å². The van der Waals surface area contributed by atoms with Crippen molar-refractivity contribution in [1.29, 1.82) is 5.26 Å². The quantitative estimate of drug-likeness (QED) is 0.903. The third kappa shape index (κ3) is 2.50. The van der Waals surface area contributed by atoms with E-state index in [1.807, 2.05) is 6.07 Å². The summed E-state index contributed by atoms with van der Waals surface area (Å²) in [6, 6.07) is 4.59. The first-order valence-corrected chi connectivity index (χ1v) is 5.30. The van der Waals surface area contributed by atoms with E-state index in [1.54, 1.807) is 13.0 Å². The fourth-order valence-corrected chi connectivity index (χ4v) is 1.57. The maximum atomic E-state index is 13.5. The minimum Gasteiger partial charge on any atom is -0.334 e. The summed E-state index contributed by atoms with van der Waals surface area (Å²) >= 11 is 0. The van der Waals surface area contributed by atoms with Gasteiger partial charge in [0, 0.05) is 18.3 Å². The van der Waals surface area contributed by atoms with Crippen LogP contribution >= 0.6 is 0 Å². The van der Waals surface area contributed by atoms with Gasteiger partial charge in [-0.05, 0) is 18.6 Å². The summed E-state index contributed by atoms with van der Waals surface area (Å²) in [6.45, 7) is 1.67. The maximum absolute atomic E-state index is 13.5. The van der Waals surface area contributed by atoms with Gasteiger partial charge >= 0.3 is 0 Å². The second-order valence-electron chi connectivity index (χ2n) is 3.83. The molecule has 2 aromatic rings. The second-order valence-corrected chi connectivity index (χ2v) is 3.83. The van der Waals surface area contributed by atoms with Crippen molar-refractivity contribution in [1.82, 2.24) is 4.98 Å². The number of nitrogens with zero attached hydrogens (tertiary/aromatic N) is 2. The molecule has 0 spiro atoms. The maximum Gasteiger partial charge on any atom is 0.152 e. The lowest BCUT2D eigenvalue weighted by Crippen LogP contribution is -2.03. The van der Waals surface area contributed by atoms with E-state index in [9.17, 15) is 13.2 Å². The van der Waals surface area contributed by atoms with Gasteiger partial charge in [0.2, 0.25) is 0 Å². The monoisotopic (exact) mass is 263 g/mol. The molecule has 0 fully saturated rings. The number of benzene rings is 1. The lowest BCUT2D eigenvalue weighted by molar-refractivity contribution is 0.548. The predicted octanol–water partition coefficient (Wildman–Crippen LogP) is 3.42. The van der Waals surface area contributed by atoms with Crippen LogP contribution in [0.1, 0.15) is 11.1 Å². The molecule has 0 saturated carbocycles. The van der Waals surface area contributed by atoms with Crippen molar-refractivity contribution in [2.24, 2.45) is 0 Å². The predicted molar refractivity (Wildman–Crippen MR) is 63.3 cm³/mol. The molecule has 0 aliphatic heterocycles. The molecule has 0 aliphatic rings. The topological polar surface area (TPSA) is 48.7 Å². The number of aromatic nitrogens is 1. The normalized spacial score (nSPS) is 10.1. The number of nitrogens with one attached hydrogen (secondary N) is 1. The third-order valence-corrected chi connectivity index (χ3v) is 2.52. The molecule has 0 radical (unpaired) electrons. The van der Waals surface area contributed by atoms with Crippen molar-refractivity contribution in [3.63, 3.8) is 0 Å². The van der Waals surface area contributed by atoms with Gasteiger partial charge in [-0.15, -0.1) is 0 Å². The smallest absolute Gasteiger partial charge is 0.152 e. The highest BCUT2D eigenvalue weighted by molar-refractivity contribution is 5.65. The van der Waals surface area contributed by atoms with Crippen molar-refractivity contribution in [3.05, 3.63) is 53.0 Å². The highest BCUT2D eigenvalue weighted by atomic mass is 19.1. The van der Waals surface area contributed by atoms with Gasteiger partial charge in [-0.1, -0.05) is 0 Å². The minimum absolute atomic E-state index is 0.0203. The molecule has 1 heterocycles. The van der Waals surface area contributed by atoms with Gasteiger partial charge < -0.3 is 5.32 Å². The van der Waals surface area contributed by atoms with Gasteiger partial charge in [-0.25, -0.2) is 18.2 Å². The summed E-state index contributed by atoms with van der Waals surface area (Å²) in [5, 5.41) is 11.4. The fraction of sp³-hybridized carbons (Fsp3) is 0.0769. The van der Waals surface area contributed by atoms with Crippen molar-refractivity contribution >= 4 is 11.5 Å². The van der Waals surface area contributed by atoms with E-state index in [4.69, 9.17) is 5.26 Å². The van der Waals surface area contributed by atoms with Crippen molar-refractivity contribution < 1.29 is 13.2 Å². The van der Waals surface area contributed by atoms with Crippen LogP contribution in [-0.2, 0) is 0 Å². The number of aryl methyl sites for hydroxylation is 1. The molecule has 1 aromatic heterocycles. The lowest BCUT2D eigenvalue weighted by atomic mass is 10.1. The van der Waals surface area contributed by atoms with Gasteiger partial charge in [0.05, 0.1) is 5.56 Å². The molecule has 0 saturated heterocycles. The highest BCUT2D eigenvalue weighted by Crippen LogP contribution is 2.26. The van der Waals surface area contributed by atoms with E-state index < -0.39 is 23.1 Å². The summed E-state index contributed by atoms with van der Waals surface area (Å²) < 4.78 is 39.7. The number of anilines is 2. The molecule has 1 aromatic carbocycles. The summed E-state index contributed by atoms with van der Waals surface area (Å²) in [6.07, 6.45) is 1.40. The van der Waals surface area contributed by atoms with E-state index in [0.717, 1.165) is 0 Å².